The number of hydrogen-bond donors (Lipinski definition) is 2. The van der Waals surface area contributed by atoms with Crippen molar-refractivity contribution in [2.75, 3.05) is 7.11 Å². The van der Waals surface area contributed by atoms with Gasteiger partial charge in [-0.1, -0.05) is 0 Å². The predicted octanol–water partition coefficient (Wildman–Crippen LogP) is 1.04. The van der Waals surface area contributed by atoms with Gasteiger partial charge in [-0.15, -0.1) is 0 Å². The van der Waals surface area contributed by atoms with E-state index >= 15 is 0 Å². The van der Waals surface area contributed by atoms with Gasteiger partial charge in [-0.3, -0.25) is 15.1 Å². The van der Waals surface area contributed by atoms with Crippen molar-refractivity contribution in [2.24, 2.45) is 4.99 Å². The molecule has 0 aromatic carbocycles. The summed E-state index contributed by atoms with van der Waals surface area (Å²) in [4.78, 5) is 16.3. The summed E-state index contributed by atoms with van der Waals surface area (Å²) in [6.45, 7) is 9.73. The summed E-state index contributed by atoms with van der Waals surface area (Å²) in [6.07, 6.45) is 0.583. The lowest BCUT2D eigenvalue weighted by Gasteiger charge is -2.31. The van der Waals surface area contributed by atoms with Crippen LogP contribution in [0.3, 0.4) is 0 Å². The minimum absolute atomic E-state index is 0.0537. The fourth-order valence-corrected chi connectivity index (χ4v) is 1.97. The number of aliphatic imine (C=N–C) groups is 1. The Hall–Kier alpha value is -1.10. The summed E-state index contributed by atoms with van der Waals surface area (Å²) >= 11 is 0. The second kappa shape index (κ2) is 4.64. The first-order valence-electron chi connectivity index (χ1n) is 5.91. The molecule has 0 aliphatic carbocycles. The number of methoxy groups -OCH3 is 1. The molecule has 1 heterocycles. The van der Waals surface area contributed by atoms with Crippen molar-refractivity contribution in [1.82, 2.24) is 10.6 Å². The summed E-state index contributed by atoms with van der Waals surface area (Å²) in [7, 11) is 1.65. The third kappa shape index (κ3) is 3.43. The molecule has 1 aliphatic heterocycles. The average molecular weight is 241 g/mol. The Labute approximate surface area is 103 Å². The first kappa shape index (κ1) is 14.0. The van der Waals surface area contributed by atoms with E-state index in [1.807, 2.05) is 34.6 Å². The van der Waals surface area contributed by atoms with Crippen LogP contribution in [-0.2, 0) is 9.53 Å². The minimum atomic E-state index is -0.659. The van der Waals surface area contributed by atoms with Gasteiger partial charge in [0.15, 0.2) is 5.96 Å². The summed E-state index contributed by atoms with van der Waals surface area (Å²) in [5.74, 6) is 0.501. The molecule has 1 fully saturated rings. The Balaban J connectivity index is 2.82. The normalized spacial score (nSPS) is 27.5. The van der Waals surface area contributed by atoms with Crippen LogP contribution in [-0.4, -0.2) is 36.2 Å². The molecule has 2 N–H and O–H groups in total. The van der Waals surface area contributed by atoms with Crippen LogP contribution in [0.4, 0.5) is 0 Å². The van der Waals surface area contributed by atoms with Gasteiger partial charge in [0.1, 0.15) is 5.54 Å². The number of amides is 1. The van der Waals surface area contributed by atoms with Crippen molar-refractivity contribution in [2.45, 2.75) is 58.2 Å². The topological polar surface area (TPSA) is 62.7 Å². The Bertz CT molecular complexity index is 337. The number of guanidine groups is 1. The highest BCUT2D eigenvalue weighted by Gasteiger charge is 2.44. The summed E-state index contributed by atoms with van der Waals surface area (Å²) in [5, 5.41) is 5.92. The number of nitrogens with one attached hydrogen (secondary N) is 2. The van der Waals surface area contributed by atoms with Crippen molar-refractivity contribution in [1.29, 1.82) is 0 Å². The zero-order chi connectivity index (χ0) is 13.3. The van der Waals surface area contributed by atoms with E-state index in [9.17, 15) is 4.79 Å². The first-order chi connectivity index (χ1) is 7.68. The number of rotatable bonds is 4. The highest BCUT2D eigenvalue weighted by atomic mass is 16.5. The predicted molar refractivity (Wildman–Crippen MR) is 68.0 cm³/mol. The smallest absolute Gasteiger partial charge is 0.252 e. The maximum atomic E-state index is 12.0. The van der Waals surface area contributed by atoms with Gasteiger partial charge in [-0.25, -0.2) is 0 Å². The van der Waals surface area contributed by atoms with Crippen LogP contribution in [0.15, 0.2) is 4.99 Å². The highest BCUT2D eigenvalue weighted by molar-refractivity contribution is 6.08. The maximum absolute atomic E-state index is 12.0. The largest absolute Gasteiger partial charge is 0.379 e. The van der Waals surface area contributed by atoms with Crippen LogP contribution in [0.5, 0.6) is 0 Å². The van der Waals surface area contributed by atoms with E-state index in [0.29, 0.717) is 12.4 Å². The van der Waals surface area contributed by atoms with Crippen molar-refractivity contribution in [3.8, 4) is 0 Å². The molecule has 1 atom stereocenters. The molecular weight excluding hydrogens is 218 g/mol. The Kier molecular flexibility index (Phi) is 3.81. The summed E-state index contributed by atoms with van der Waals surface area (Å²) in [6, 6.07) is 0.149. The van der Waals surface area contributed by atoms with Gasteiger partial charge in [0.25, 0.3) is 5.91 Å². The number of carbonyl (C=O) groups excluding carboxylic acids is 1. The number of carbonyl (C=O) groups is 1. The molecule has 0 radical (unpaired) electrons. The van der Waals surface area contributed by atoms with Gasteiger partial charge >= 0.3 is 0 Å². The molecule has 0 spiro atoms. The van der Waals surface area contributed by atoms with E-state index in [2.05, 4.69) is 15.6 Å². The van der Waals surface area contributed by atoms with Crippen molar-refractivity contribution in [3.63, 3.8) is 0 Å². The van der Waals surface area contributed by atoms with Gasteiger partial charge in [-0.05, 0) is 34.6 Å². The monoisotopic (exact) mass is 241 g/mol. The van der Waals surface area contributed by atoms with E-state index in [-0.39, 0.29) is 17.6 Å². The van der Waals surface area contributed by atoms with Gasteiger partial charge in [0.05, 0.1) is 5.60 Å². The standard InChI is InChI=1S/C12H23N3O2/c1-8(2)13-10-14-9(16)12(5,15-10)7-11(3,4)17-6/h8H,7H2,1-6H3,(H2,13,14,15,16). The lowest BCUT2D eigenvalue weighted by molar-refractivity contribution is -0.126. The lowest BCUT2D eigenvalue weighted by Crippen LogP contribution is -2.49. The Morgan fingerprint density at radius 2 is 2.06 bits per heavy atom. The highest BCUT2D eigenvalue weighted by Crippen LogP contribution is 2.25. The molecule has 1 rings (SSSR count). The van der Waals surface area contributed by atoms with Crippen molar-refractivity contribution < 1.29 is 9.53 Å². The number of hydrogen-bond acceptors (Lipinski definition) is 3. The maximum Gasteiger partial charge on any atom is 0.252 e. The fourth-order valence-electron chi connectivity index (χ4n) is 1.97. The van der Waals surface area contributed by atoms with Gasteiger partial charge < -0.3 is 10.1 Å². The summed E-state index contributed by atoms with van der Waals surface area (Å²) < 4.78 is 5.37. The van der Waals surface area contributed by atoms with Crippen molar-refractivity contribution in [3.05, 3.63) is 0 Å². The number of nitrogens with zero attached hydrogens (tertiary/aromatic N) is 1. The molecule has 98 valence electrons. The molecule has 0 aromatic rings. The quantitative estimate of drug-likeness (QED) is 0.773. The fraction of sp³-hybridized carbons (Fsp3) is 0.833. The average Bonchev–Trinajstić information content (AvgIpc) is 2.39. The molecule has 1 saturated heterocycles. The van der Waals surface area contributed by atoms with E-state index < -0.39 is 5.54 Å². The third-order valence-corrected chi connectivity index (χ3v) is 2.85. The molecular formula is C12H23N3O2. The summed E-state index contributed by atoms with van der Waals surface area (Å²) in [5.41, 5.74) is -1.01. The first-order valence-corrected chi connectivity index (χ1v) is 5.91. The SMILES string of the molecule is COC(C)(C)CC1(C)NC(=NC(C)C)NC1=O. The second-order valence-electron chi connectivity index (χ2n) is 5.62. The van der Waals surface area contributed by atoms with Gasteiger partial charge in [0.2, 0.25) is 0 Å². The zero-order valence-electron chi connectivity index (χ0n) is 11.5. The number of ether oxygens (including phenoxy) is 1. The van der Waals surface area contributed by atoms with Gasteiger partial charge in [0, 0.05) is 19.6 Å². The van der Waals surface area contributed by atoms with Crippen LogP contribution >= 0.6 is 0 Å². The second-order valence-corrected chi connectivity index (χ2v) is 5.62. The molecule has 5 nitrogen and oxygen atoms in total. The van der Waals surface area contributed by atoms with E-state index in [4.69, 9.17) is 4.74 Å². The van der Waals surface area contributed by atoms with E-state index in [1.54, 1.807) is 7.11 Å². The zero-order valence-corrected chi connectivity index (χ0v) is 11.5. The molecule has 0 bridgehead atoms. The molecule has 1 aliphatic rings. The van der Waals surface area contributed by atoms with Crippen LogP contribution in [0.25, 0.3) is 0 Å². The Morgan fingerprint density at radius 1 is 1.47 bits per heavy atom. The molecule has 17 heavy (non-hydrogen) atoms. The van der Waals surface area contributed by atoms with Crippen LogP contribution in [0.1, 0.15) is 41.0 Å². The molecule has 0 saturated carbocycles. The van der Waals surface area contributed by atoms with E-state index in [0.717, 1.165) is 0 Å². The van der Waals surface area contributed by atoms with Crippen LogP contribution in [0, 0.1) is 0 Å². The van der Waals surface area contributed by atoms with Crippen LogP contribution < -0.4 is 10.6 Å². The van der Waals surface area contributed by atoms with Gasteiger partial charge in [-0.2, -0.15) is 0 Å². The lowest BCUT2D eigenvalue weighted by atomic mass is 9.88. The molecule has 1 amide bonds. The van der Waals surface area contributed by atoms with Crippen molar-refractivity contribution >= 4 is 11.9 Å². The molecule has 0 aromatic heterocycles. The minimum Gasteiger partial charge on any atom is -0.379 e. The Morgan fingerprint density at radius 3 is 2.53 bits per heavy atom. The molecule has 1 unspecified atom stereocenters. The third-order valence-electron chi connectivity index (χ3n) is 2.85. The van der Waals surface area contributed by atoms with E-state index in [1.165, 1.54) is 0 Å². The molecule has 5 heteroatoms. The van der Waals surface area contributed by atoms with Crippen LogP contribution in [0.2, 0.25) is 0 Å².